The third-order valence-corrected chi connectivity index (χ3v) is 4.55. The SMILES string of the molecule is COCCCOc1cc(C[C@@H](C[C@@H](CO)NC(=O)O)C(C)C)ccc1OC. The number of nitrogens with one attached hydrogen (secondary N) is 1. The quantitative estimate of drug-likeness (QED) is 0.453. The van der Waals surface area contributed by atoms with Gasteiger partial charge in [0.05, 0.1) is 26.4 Å². The van der Waals surface area contributed by atoms with Crippen molar-refractivity contribution in [2.45, 2.75) is 39.2 Å². The van der Waals surface area contributed by atoms with Gasteiger partial charge >= 0.3 is 6.09 Å². The van der Waals surface area contributed by atoms with Crippen molar-refractivity contribution < 1.29 is 29.2 Å². The molecule has 0 saturated carbocycles. The predicted octanol–water partition coefficient (Wildman–Crippen LogP) is 2.94. The Kier molecular flexibility index (Phi) is 10.6. The second-order valence-electron chi connectivity index (χ2n) is 6.95. The summed E-state index contributed by atoms with van der Waals surface area (Å²) in [6, 6.07) is 5.38. The zero-order valence-corrected chi connectivity index (χ0v) is 16.7. The van der Waals surface area contributed by atoms with Crippen molar-refractivity contribution in [3.8, 4) is 11.5 Å². The summed E-state index contributed by atoms with van der Waals surface area (Å²) in [7, 11) is 3.27. The Morgan fingerprint density at radius 2 is 1.93 bits per heavy atom. The molecule has 1 aromatic rings. The van der Waals surface area contributed by atoms with Crippen molar-refractivity contribution in [2.75, 3.05) is 34.0 Å². The molecule has 0 radical (unpaired) electrons. The molecule has 1 rings (SSSR count). The average Bonchev–Trinajstić information content (AvgIpc) is 2.63. The molecule has 0 saturated heterocycles. The first-order chi connectivity index (χ1) is 12.9. The van der Waals surface area contributed by atoms with Crippen molar-refractivity contribution in [3.05, 3.63) is 23.8 Å². The van der Waals surface area contributed by atoms with Gasteiger partial charge in [0.1, 0.15) is 0 Å². The van der Waals surface area contributed by atoms with E-state index < -0.39 is 12.1 Å². The lowest BCUT2D eigenvalue weighted by Gasteiger charge is -2.26. The van der Waals surface area contributed by atoms with Crippen LogP contribution in [-0.4, -0.2) is 56.4 Å². The molecule has 0 spiro atoms. The van der Waals surface area contributed by atoms with E-state index in [0.717, 1.165) is 18.4 Å². The molecular weight excluding hydrogens is 350 g/mol. The number of rotatable bonds is 13. The number of carbonyl (C=O) groups is 1. The smallest absolute Gasteiger partial charge is 0.404 e. The third-order valence-electron chi connectivity index (χ3n) is 4.55. The summed E-state index contributed by atoms with van der Waals surface area (Å²) in [5.74, 6) is 1.92. The molecule has 3 N–H and O–H groups in total. The number of carboxylic acid groups (broad SMARTS) is 1. The molecule has 7 heteroatoms. The van der Waals surface area contributed by atoms with E-state index in [9.17, 15) is 9.90 Å². The van der Waals surface area contributed by atoms with Crippen LogP contribution in [0.4, 0.5) is 4.79 Å². The Bertz CT molecular complexity index is 563. The van der Waals surface area contributed by atoms with Crippen LogP contribution >= 0.6 is 0 Å². The summed E-state index contributed by atoms with van der Waals surface area (Å²) in [5, 5.41) is 20.7. The maximum absolute atomic E-state index is 10.9. The third kappa shape index (κ3) is 8.49. The van der Waals surface area contributed by atoms with Gasteiger partial charge in [-0.15, -0.1) is 0 Å². The molecule has 1 aromatic carbocycles. The van der Waals surface area contributed by atoms with Gasteiger partial charge in [0.25, 0.3) is 0 Å². The fourth-order valence-electron chi connectivity index (χ4n) is 2.96. The topological polar surface area (TPSA) is 97.2 Å². The van der Waals surface area contributed by atoms with Crippen LogP contribution in [0, 0.1) is 11.8 Å². The Labute approximate surface area is 161 Å². The monoisotopic (exact) mass is 383 g/mol. The van der Waals surface area contributed by atoms with Crippen molar-refractivity contribution in [2.24, 2.45) is 11.8 Å². The maximum atomic E-state index is 10.9. The minimum Gasteiger partial charge on any atom is -0.493 e. The summed E-state index contributed by atoms with van der Waals surface area (Å²) in [5.41, 5.74) is 1.09. The largest absolute Gasteiger partial charge is 0.493 e. The number of benzene rings is 1. The van der Waals surface area contributed by atoms with Crippen LogP contribution in [0.2, 0.25) is 0 Å². The lowest BCUT2D eigenvalue weighted by Crippen LogP contribution is -2.39. The highest BCUT2D eigenvalue weighted by Crippen LogP contribution is 2.31. The predicted molar refractivity (Wildman–Crippen MR) is 104 cm³/mol. The highest BCUT2D eigenvalue weighted by molar-refractivity contribution is 5.64. The Hall–Kier alpha value is -1.99. The van der Waals surface area contributed by atoms with Gasteiger partial charge in [0.15, 0.2) is 11.5 Å². The average molecular weight is 383 g/mol. The molecule has 0 heterocycles. The van der Waals surface area contributed by atoms with Crippen molar-refractivity contribution in [3.63, 3.8) is 0 Å². The van der Waals surface area contributed by atoms with Gasteiger partial charge in [0, 0.05) is 20.1 Å². The first-order valence-electron chi connectivity index (χ1n) is 9.30. The van der Waals surface area contributed by atoms with Crippen LogP contribution in [0.1, 0.15) is 32.3 Å². The van der Waals surface area contributed by atoms with Gasteiger partial charge in [-0.3, -0.25) is 0 Å². The van der Waals surface area contributed by atoms with Gasteiger partial charge in [-0.1, -0.05) is 19.9 Å². The molecule has 0 aromatic heterocycles. The molecule has 0 aliphatic rings. The molecule has 0 unspecified atom stereocenters. The van der Waals surface area contributed by atoms with E-state index in [1.807, 2.05) is 18.2 Å². The fourth-order valence-corrected chi connectivity index (χ4v) is 2.96. The second kappa shape index (κ2) is 12.4. The maximum Gasteiger partial charge on any atom is 0.404 e. The summed E-state index contributed by atoms with van der Waals surface area (Å²) in [6.45, 7) is 5.16. The number of hydrogen-bond acceptors (Lipinski definition) is 5. The molecule has 0 aliphatic heterocycles. The number of aliphatic hydroxyl groups is 1. The van der Waals surface area contributed by atoms with E-state index in [1.165, 1.54) is 0 Å². The molecule has 0 bridgehead atoms. The highest BCUT2D eigenvalue weighted by Gasteiger charge is 2.21. The van der Waals surface area contributed by atoms with Crippen molar-refractivity contribution >= 4 is 6.09 Å². The molecule has 27 heavy (non-hydrogen) atoms. The van der Waals surface area contributed by atoms with Crippen LogP contribution in [-0.2, 0) is 11.2 Å². The number of ether oxygens (including phenoxy) is 3. The molecule has 1 amide bonds. The Balaban J connectivity index is 2.83. The summed E-state index contributed by atoms with van der Waals surface area (Å²) >= 11 is 0. The van der Waals surface area contributed by atoms with Crippen molar-refractivity contribution in [1.82, 2.24) is 5.32 Å². The van der Waals surface area contributed by atoms with Gasteiger partial charge in [-0.2, -0.15) is 0 Å². The zero-order valence-electron chi connectivity index (χ0n) is 16.7. The van der Waals surface area contributed by atoms with E-state index in [4.69, 9.17) is 19.3 Å². The van der Waals surface area contributed by atoms with Gasteiger partial charge in [0.2, 0.25) is 0 Å². The standard InChI is InChI=1S/C20H33NO6/c1-14(2)16(12-17(13-22)21-20(23)24)10-15-6-7-18(26-4)19(11-15)27-9-5-8-25-3/h6-7,11,14,16-17,21-22H,5,8-10,12-13H2,1-4H3,(H,23,24)/t16-,17-/m0/s1. The van der Waals surface area contributed by atoms with Crippen LogP contribution in [0.15, 0.2) is 18.2 Å². The Morgan fingerprint density at radius 3 is 2.48 bits per heavy atom. The van der Waals surface area contributed by atoms with E-state index in [0.29, 0.717) is 37.1 Å². The lowest BCUT2D eigenvalue weighted by atomic mass is 9.84. The second-order valence-corrected chi connectivity index (χ2v) is 6.95. The minimum atomic E-state index is -1.12. The molecule has 2 atom stereocenters. The van der Waals surface area contributed by atoms with E-state index in [-0.39, 0.29) is 12.5 Å². The Morgan fingerprint density at radius 1 is 1.19 bits per heavy atom. The molecular formula is C20H33NO6. The zero-order chi connectivity index (χ0) is 20.2. The summed E-state index contributed by atoms with van der Waals surface area (Å²) in [6.07, 6.45) is 0.995. The summed E-state index contributed by atoms with van der Waals surface area (Å²) in [4.78, 5) is 10.9. The van der Waals surface area contributed by atoms with Crippen LogP contribution < -0.4 is 14.8 Å². The number of hydrogen-bond donors (Lipinski definition) is 3. The molecule has 7 nitrogen and oxygen atoms in total. The van der Waals surface area contributed by atoms with Gasteiger partial charge in [-0.25, -0.2) is 4.79 Å². The van der Waals surface area contributed by atoms with Crippen LogP contribution in [0.3, 0.4) is 0 Å². The van der Waals surface area contributed by atoms with Crippen LogP contribution in [0.5, 0.6) is 11.5 Å². The van der Waals surface area contributed by atoms with Crippen molar-refractivity contribution in [1.29, 1.82) is 0 Å². The fraction of sp³-hybridized carbons (Fsp3) is 0.650. The first kappa shape index (κ1) is 23.0. The first-order valence-corrected chi connectivity index (χ1v) is 9.30. The lowest BCUT2D eigenvalue weighted by molar-refractivity contribution is 0.165. The normalized spacial score (nSPS) is 13.3. The molecule has 0 aliphatic carbocycles. The number of amides is 1. The molecule has 0 fully saturated rings. The minimum absolute atomic E-state index is 0.212. The number of aliphatic hydroxyl groups excluding tert-OH is 1. The van der Waals surface area contributed by atoms with Gasteiger partial charge < -0.3 is 29.7 Å². The molecule has 154 valence electrons. The van der Waals surface area contributed by atoms with E-state index in [2.05, 4.69) is 19.2 Å². The van der Waals surface area contributed by atoms with E-state index >= 15 is 0 Å². The van der Waals surface area contributed by atoms with E-state index in [1.54, 1.807) is 14.2 Å². The van der Waals surface area contributed by atoms with Crippen LogP contribution in [0.25, 0.3) is 0 Å². The van der Waals surface area contributed by atoms with Gasteiger partial charge in [-0.05, 0) is 42.4 Å². The highest BCUT2D eigenvalue weighted by atomic mass is 16.5. The number of methoxy groups -OCH3 is 2. The summed E-state index contributed by atoms with van der Waals surface area (Å²) < 4.78 is 16.2.